The van der Waals surface area contributed by atoms with Crippen molar-refractivity contribution >= 4 is 17.8 Å². The number of hydrogen-bond acceptors (Lipinski definition) is 6. The maximum atomic E-state index is 12.1. The van der Waals surface area contributed by atoms with Gasteiger partial charge in [-0.25, -0.2) is 4.79 Å². The highest BCUT2D eigenvalue weighted by Gasteiger charge is 2.31. The first-order valence-corrected chi connectivity index (χ1v) is 7.86. The summed E-state index contributed by atoms with van der Waals surface area (Å²) in [6.07, 6.45) is -0.625. The molecule has 0 spiro atoms. The number of amides is 2. The fourth-order valence-electron chi connectivity index (χ4n) is 2.66. The molecule has 0 aliphatic carbocycles. The number of primary amides is 1. The Morgan fingerprint density at radius 3 is 2.54 bits per heavy atom. The van der Waals surface area contributed by atoms with E-state index >= 15 is 0 Å². The highest BCUT2D eigenvalue weighted by Crippen LogP contribution is 2.15. The van der Waals surface area contributed by atoms with E-state index in [0.29, 0.717) is 38.4 Å². The second kappa shape index (κ2) is 7.20. The molecule has 3 rings (SSSR count). The van der Waals surface area contributed by atoms with E-state index in [1.807, 2.05) is 35.2 Å². The van der Waals surface area contributed by atoms with Gasteiger partial charge in [0.25, 0.3) is 5.91 Å². The minimum absolute atomic E-state index is 0.265. The van der Waals surface area contributed by atoms with Crippen molar-refractivity contribution in [2.45, 2.75) is 19.1 Å². The van der Waals surface area contributed by atoms with E-state index in [-0.39, 0.29) is 12.7 Å². The fourth-order valence-corrected chi connectivity index (χ4v) is 2.66. The van der Waals surface area contributed by atoms with Crippen LogP contribution in [0.5, 0.6) is 0 Å². The van der Waals surface area contributed by atoms with Crippen LogP contribution in [0.15, 0.2) is 35.5 Å². The molecule has 2 amide bonds. The van der Waals surface area contributed by atoms with Crippen molar-refractivity contribution < 1.29 is 19.2 Å². The molecule has 0 aromatic heterocycles. The van der Waals surface area contributed by atoms with E-state index in [9.17, 15) is 9.59 Å². The number of oxime groups is 1. The van der Waals surface area contributed by atoms with E-state index < -0.39 is 12.0 Å². The summed E-state index contributed by atoms with van der Waals surface area (Å²) >= 11 is 0. The first-order chi connectivity index (χ1) is 11.6. The highest BCUT2D eigenvalue weighted by molar-refractivity contribution is 5.91. The number of nitrogens with zero attached hydrogens (tertiary/aromatic N) is 3. The van der Waals surface area contributed by atoms with Gasteiger partial charge in [0, 0.05) is 26.2 Å². The molecular formula is C16H20N4O4. The summed E-state index contributed by atoms with van der Waals surface area (Å²) in [4.78, 5) is 31.9. The van der Waals surface area contributed by atoms with Crippen LogP contribution in [0.2, 0.25) is 0 Å². The Bertz CT molecular complexity index is 626. The minimum atomic E-state index is -0.686. The first kappa shape index (κ1) is 16.1. The quantitative estimate of drug-likeness (QED) is 0.871. The van der Waals surface area contributed by atoms with Crippen molar-refractivity contribution in [2.24, 2.45) is 10.9 Å². The lowest BCUT2D eigenvalue weighted by Crippen LogP contribution is -2.50. The molecule has 1 aromatic carbocycles. The maximum Gasteiger partial charge on any atom is 0.410 e. The summed E-state index contributed by atoms with van der Waals surface area (Å²) in [7, 11) is 0. The number of piperazine rings is 1. The van der Waals surface area contributed by atoms with E-state index in [2.05, 4.69) is 5.16 Å². The molecule has 0 radical (unpaired) electrons. The number of hydrogen-bond donors (Lipinski definition) is 1. The molecule has 1 saturated heterocycles. The predicted molar refractivity (Wildman–Crippen MR) is 85.9 cm³/mol. The summed E-state index contributed by atoms with van der Waals surface area (Å²) in [5.74, 6) is 0.188. The summed E-state index contributed by atoms with van der Waals surface area (Å²) in [6, 6.07) is 9.57. The van der Waals surface area contributed by atoms with Gasteiger partial charge in [0.1, 0.15) is 12.4 Å². The molecule has 8 nitrogen and oxygen atoms in total. The molecule has 1 unspecified atom stereocenters. The number of nitrogens with two attached hydrogens (primary N) is 1. The second-order valence-electron chi connectivity index (χ2n) is 5.72. The third kappa shape index (κ3) is 3.76. The van der Waals surface area contributed by atoms with Gasteiger partial charge >= 0.3 is 6.09 Å². The van der Waals surface area contributed by atoms with Crippen LogP contribution in [-0.4, -0.2) is 59.9 Å². The van der Waals surface area contributed by atoms with E-state index in [1.54, 1.807) is 4.90 Å². The predicted octanol–water partition coefficient (Wildman–Crippen LogP) is 0.529. The van der Waals surface area contributed by atoms with Gasteiger partial charge < -0.3 is 25.1 Å². The zero-order valence-corrected chi connectivity index (χ0v) is 13.3. The number of carbonyl (C=O) groups is 2. The maximum absolute atomic E-state index is 12.1. The number of amidine groups is 1. The molecule has 0 bridgehead atoms. The highest BCUT2D eigenvalue weighted by atomic mass is 16.6. The van der Waals surface area contributed by atoms with Crippen molar-refractivity contribution in [3.05, 3.63) is 35.9 Å². The summed E-state index contributed by atoms with van der Waals surface area (Å²) in [5.41, 5.74) is 6.17. The number of carbonyl (C=O) groups excluding carboxylic acids is 2. The topological polar surface area (TPSA) is 97.5 Å². The van der Waals surface area contributed by atoms with Gasteiger partial charge in [0.15, 0.2) is 0 Å². The van der Waals surface area contributed by atoms with Crippen LogP contribution in [0, 0.1) is 0 Å². The lowest BCUT2D eigenvalue weighted by molar-refractivity contribution is -0.127. The third-order valence-corrected chi connectivity index (χ3v) is 4.08. The Labute approximate surface area is 139 Å². The SMILES string of the molecule is NC(=O)C1CC(N2CCN(C(=O)OCc3ccccc3)CC2)=NO1. The van der Waals surface area contributed by atoms with Crippen molar-refractivity contribution in [3.8, 4) is 0 Å². The van der Waals surface area contributed by atoms with Crippen LogP contribution >= 0.6 is 0 Å². The normalized spacial score (nSPS) is 20.3. The van der Waals surface area contributed by atoms with Crippen LogP contribution in [0.4, 0.5) is 4.79 Å². The minimum Gasteiger partial charge on any atom is -0.445 e. The summed E-state index contributed by atoms with van der Waals surface area (Å²) in [6.45, 7) is 2.57. The summed E-state index contributed by atoms with van der Waals surface area (Å²) in [5, 5.41) is 3.91. The molecule has 2 aliphatic rings. The molecule has 1 fully saturated rings. The number of ether oxygens (including phenoxy) is 1. The van der Waals surface area contributed by atoms with Crippen LogP contribution in [0.25, 0.3) is 0 Å². The van der Waals surface area contributed by atoms with Gasteiger partial charge in [-0.15, -0.1) is 0 Å². The molecule has 1 aromatic rings. The Morgan fingerprint density at radius 1 is 1.21 bits per heavy atom. The Hall–Kier alpha value is -2.77. The lowest BCUT2D eigenvalue weighted by atomic mass is 10.2. The third-order valence-electron chi connectivity index (χ3n) is 4.08. The molecular weight excluding hydrogens is 312 g/mol. The standard InChI is InChI=1S/C16H20N4O4/c17-15(21)13-10-14(18-24-13)19-6-8-20(9-7-19)16(22)23-11-12-4-2-1-3-5-12/h1-5,13H,6-11H2,(H2,17,21). The van der Waals surface area contributed by atoms with Gasteiger partial charge in [-0.1, -0.05) is 35.5 Å². The van der Waals surface area contributed by atoms with Crippen LogP contribution < -0.4 is 5.73 Å². The van der Waals surface area contributed by atoms with Crippen LogP contribution in [0.1, 0.15) is 12.0 Å². The smallest absolute Gasteiger partial charge is 0.410 e. The van der Waals surface area contributed by atoms with Crippen molar-refractivity contribution in [3.63, 3.8) is 0 Å². The van der Waals surface area contributed by atoms with Crippen molar-refractivity contribution in [1.29, 1.82) is 0 Å². The largest absolute Gasteiger partial charge is 0.445 e. The van der Waals surface area contributed by atoms with Crippen molar-refractivity contribution in [1.82, 2.24) is 9.80 Å². The van der Waals surface area contributed by atoms with Gasteiger partial charge in [0.2, 0.25) is 6.10 Å². The first-order valence-electron chi connectivity index (χ1n) is 7.86. The average molecular weight is 332 g/mol. The molecule has 1 atom stereocenters. The molecule has 2 N–H and O–H groups in total. The van der Waals surface area contributed by atoms with Gasteiger partial charge in [-0.2, -0.15) is 0 Å². The van der Waals surface area contributed by atoms with Crippen LogP contribution in [-0.2, 0) is 21.0 Å². The molecule has 2 aliphatic heterocycles. The number of benzene rings is 1. The van der Waals surface area contributed by atoms with Gasteiger partial charge in [-0.3, -0.25) is 4.79 Å². The Balaban J connectivity index is 1.43. The molecule has 24 heavy (non-hydrogen) atoms. The summed E-state index contributed by atoms with van der Waals surface area (Å²) < 4.78 is 5.33. The number of rotatable bonds is 3. The molecule has 8 heteroatoms. The average Bonchev–Trinajstić information content (AvgIpc) is 3.11. The van der Waals surface area contributed by atoms with Crippen molar-refractivity contribution in [2.75, 3.05) is 26.2 Å². The van der Waals surface area contributed by atoms with Crippen LogP contribution in [0.3, 0.4) is 0 Å². The monoisotopic (exact) mass is 332 g/mol. The van der Waals surface area contributed by atoms with E-state index in [4.69, 9.17) is 15.3 Å². The zero-order valence-electron chi connectivity index (χ0n) is 13.3. The molecule has 0 saturated carbocycles. The molecule has 2 heterocycles. The zero-order chi connectivity index (χ0) is 16.9. The lowest BCUT2D eigenvalue weighted by Gasteiger charge is -2.34. The molecule has 128 valence electrons. The van der Waals surface area contributed by atoms with E-state index in [0.717, 1.165) is 5.56 Å². The van der Waals surface area contributed by atoms with Gasteiger partial charge in [-0.05, 0) is 5.56 Å². The Morgan fingerprint density at radius 2 is 1.92 bits per heavy atom. The van der Waals surface area contributed by atoms with Gasteiger partial charge in [0.05, 0.1) is 6.42 Å². The van der Waals surface area contributed by atoms with E-state index in [1.165, 1.54) is 0 Å². The second-order valence-corrected chi connectivity index (χ2v) is 5.72. The fraction of sp³-hybridized carbons (Fsp3) is 0.438. The Kier molecular flexibility index (Phi) is 4.83.